The molecular weight excluding hydrogens is 669 g/mol. The number of benzene rings is 4. The summed E-state index contributed by atoms with van der Waals surface area (Å²) in [4.78, 5) is 46.6. The van der Waals surface area contributed by atoms with Crippen LogP contribution in [0.3, 0.4) is 0 Å². The number of nitrogens with zero attached hydrogens (tertiary/aromatic N) is 4. The molecule has 0 aliphatic rings. The van der Waals surface area contributed by atoms with Crippen molar-refractivity contribution in [1.82, 2.24) is 40.5 Å². The van der Waals surface area contributed by atoms with E-state index < -0.39 is 39.8 Å². The summed E-state index contributed by atoms with van der Waals surface area (Å²) in [6.07, 6.45) is 1.77. The molecule has 0 saturated heterocycles. The Labute approximate surface area is 294 Å². The molecule has 0 saturated carbocycles. The van der Waals surface area contributed by atoms with Crippen LogP contribution in [0.25, 0.3) is 22.3 Å². The molecule has 6 aromatic rings. The van der Waals surface area contributed by atoms with E-state index in [9.17, 15) is 22.8 Å². The average Bonchev–Trinajstić information content (AvgIpc) is 3.81. The lowest BCUT2D eigenvalue weighted by molar-refractivity contribution is -0.130. The summed E-state index contributed by atoms with van der Waals surface area (Å²) < 4.78 is 28.6. The number of hydrogen-bond acceptors (Lipinski definition) is 8. The van der Waals surface area contributed by atoms with Gasteiger partial charge in [0.05, 0.1) is 4.90 Å². The molecule has 0 bridgehead atoms. The minimum absolute atomic E-state index is 0.0345. The Morgan fingerprint density at radius 1 is 0.843 bits per heavy atom. The van der Waals surface area contributed by atoms with Gasteiger partial charge >= 0.3 is 0 Å². The minimum atomic E-state index is -4.27. The number of hydrogen-bond donors (Lipinski definition) is 4. The van der Waals surface area contributed by atoms with Crippen LogP contribution >= 0.6 is 0 Å². The van der Waals surface area contributed by atoms with Gasteiger partial charge < -0.3 is 15.2 Å². The first-order valence-corrected chi connectivity index (χ1v) is 17.6. The molecule has 4 aromatic carbocycles. The van der Waals surface area contributed by atoms with E-state index in [1.54, 1.807) is 60.8 Å². The maximum Gasteiger partial charge on any atom is 0.264 e. The zero-order valence-electron chi connectivity index (χ0n) is 28.1. The van der Waals surface area contributed by atoms with Gasteiger partial charge in [-0.05, 0) is 65.7 Å². The molecule has 14 heteroatoms. The van der Waals surface area contributed by atoms with E-state index in [-0.39, 0.29) is 17.7 Å². The van der Waals surface area contributed by atoms with Crippen LogP contribution in [0.1, 0.15) is 32.6 Å². The SMILES string of the molecule is Cc1cc(C)cc(C(=O)N(C)[C@H](Cc2ccc(-c3nnn[nH]3)cc2)C(=O)N[C@@H](Cc2c[nH]c3ccccc23)C(=O)NS(=O)(=O)c2ccccc2)c1. The molecule has 3 amide bonds. The number of aryl methyl sites for hydroxylation is 2. The maximum absolute atomic E-state index is 14.4. The third-order valence-electron chi connectivity index (χ3n) is 8.58. The number of para-hydroxylation sites is 1. The first kappa shape index (κ1) is 34.7. The van der Waals surface area contributed by atoms with E-state index >= 15 is 0 Å². The number of carbonyl (C=O) groups is 3. The van der Waals surface area contributed by atoms with Crippen LogP contribution in [0, 0.1) is 13.8 Å². The fraction of sp³-hybridized carbons (Fsp3) is 0.189. The van der Waals surface area contributed by atoms with Crippen molar-refractivity contribution >= 4 is 38.6 Å². The summed E-state index contributed by atoms with van der Waals surface area (Å²) >= 11 is 0. The summed E-state index contributed by atoms with van der Waals surface area (Å²) in [5, 5.41) is 17.5. The zero-order chi connectivity index (χ0) is 36.1. The second-order valence-electron chi connectivity index (χ2n) is 12.4. The molecule has 6 rings (SSSR count). The molecule has 13 nitrogen and oxygen atoms in total. The average molecular weight is 705 g/mol. The van der Waals surface area contributed by atoms with Gasteiger partial charge in [0.25, 0.3) is 21.8 Å². The molecule has 2 heterocycles. The highest BCUT2D eigenvalue weighted by Crippen LogP contribution is 2.22. The Balaban J connectivity index is 1.33. The zero-order valence-corrected chi connectivity index (χ0v) is 28.9. The molecule has 260 valence electrons. The van der Waals surface area contributed by atoms with Gasteiger partial charge in [-0.25, -0.2) is 18.2 Å². The van der Waals surface area contributed by atoms with Gasteiger partial charge in [0, 0.05) is 48.1 Å². The van der Waals surface area contributed by atoms with Crippen molar-refractivity contribution in [3.8, 4) is 11.4 Å². The van der Waals surface area contributed by atoms with Crippen LogP contribution in [0.2, 0.25) is 0 Å². The maximum atomic E-state index is 14.4. The number of nitrogens with one attached hydrogen (secondary N) is 4. The number of fused-ring (bicyclic) bond motifs is 1. The quantitative estimate of drug-likeness (QED) is 0.148. The monoisotopic (exact) mass is 704 g/mol. The Morgan fingerprint density at radius 2 is 1.53 bits per heavy atom. The van der Waals surface area contributed by atoms with Crippen LogP contribution in [0.15, 0.2) is 108 Å². The van der Waals surface area contributed by atoms with Crippen LogP contribution in [0.4, 0.5) is 0 Å². The second-order valence-corrected chi connectivity index (χ2v) is 14.0. The molecule has 0 aliphatic heterocycles. The number of H-pyrrole nitrogens is 2. The number of rotatable bonds is 12. The number of aromatic nitrogens is 5. The van der Waals surface area contributed by atoms with Crippen molar-refractivity contribution in [2.45, 2.75) is 43.7 Å². The highest BCUT2D eigenvalue weighted by Gasteiger charge is 2.33. The molecule has 0 radical (unpaired) electrons. The molecule has 0 unspecified atom stereocenters. The normalized spacial score (nSPS) is 12.6. The van der Waals surface area contributed by atoms with Gasteiger partial charge in [0.2, 0.25) is 5.91 Å². The summed E-state index contributed by atoms with van der Waals surface area (Å²) in [6, 6.07) is 25.2. The highest BCUT2D eigenvalue weighted by molar-refractivity contribution is 7.90. The predicted molar refractivity (Wildman–Crippen MR) is 191 cm³/mol. The molecule has 4 N–H and O–H groups in total. The van der Waals surface area contributed by atoms with Crippen LogP contribution < -0.4 is 10.0 Å². The summed E-state index contributed by atoms with van der Waals surface area (Å²) in [5.41, 5.74) is 5.13. The Kier molecular flexibility index (Phi) is 10.0. The topological polar surface area (TPSA) is 183 Å². The Morgan fingerprint density at radius 3 is 2.22 bits per heavy atom. The summed E-state index contributed by atoms with van der Waals surface area (Å²) in [7, 11) is -2.73. The van der Waals surface area contributed by atoms with E-state index in [1.165, 1.54) is 24.1 Å². The standard InChI is InChI=1S/C37H36N8O5S/c1-23-17-24(2)19-27(18-23)37(48)45(3)33(20-25-13-15-26(16-14-25)34-40-43-44-41-34)36(47)39-32(21-28-22-38-31-12-8-7-11-30(28)31)35(46)42-51(49,50)29-9-5-4-6-10-29/h4-19,22,32-33,38H,20-21H2,1-3H3,(H,39,47)(H,42,46)(H,40,41,43,44)/t32-,33+/m0/s1. The summed E-state index contributed by atoms with van der Waals surface area (Å²) in [6.45, 7) is 3.77. The van der Waals surface area contributed by atoms with Crippen molar-refractivity contribution in [2.24, 2.45) is 0 Å². The first-order valence-electron chi connectivity index (χ1n) is 16.1. The molecular formula is C37H36N8O5S. The third kappa shape index (κ3) is 8.02. The van der Waals surface area contributed by atoms with Crippen LogP contribution in [0.5, 0.6) is 0 Å². The van der Waals surface area contributed by atoms with Gasteiger partial charge in [0.15, 0.2) is 5.82 Å². The molecule has 2 atom stereocenters. The molecule has 51 heavy (non-hydrogen) atoms. The largest absolute Gasteiger partial charge is 0.361 e. The number of likely N-dealkylation sites (N-methyl/N-ethyl adjacent to an activating group) is 1. The van der Waals surface area contributed by atoms with Gasteiger partial charge in [-0.15, -0.1) is 5.10 Å². The van der Waals surface area contributed by atoms with E-state index in [0.717, 1.165) is 33.2 Å². The van der Waals surface area contributed by atoms with Gasteiger partial charge in [-0.1, -0.05) is 77.9 Å². The van der Waals surface area contributed by atoms with E-state index in [1.807, 2.05) is 44.2 Å². The van der Waals surface area contributed by atoms with Crippen LogP contribution in [-0.4, -0.2) is 75.8 Å². The van der Waals surface area contributed by atoms with Crippen molar-refractivity contribution in [3.63, 3.8) is 0 Å². The van der Waals surface area contributed by atoms with Crippen molar-refractivity contribution in [1.29, 1.82) is 0 Å². The number of tetrazole rings is 1. The molecule has 0 fully saturated rings. The third-order valence-corrected chi connectivity index (χ3v) is 9.94. The lowest BCUT2D eigenvalue weighted by Gasteiger charge is -2.29. The number of carbonyl (C=O) groups excluding carboxylic acids is 3. The fourth-order valence-electron chi connectivity index (χ4n) is 6.01. The Bertz CT molecular complexity index is 2270. The predicted octanol–water partition coefficient (Wildman–Crippen LogP) is 3.88. The number of aromatic amines is 2. The lowest BCUT2D eigenvalue weighted by Crippen LogP contribution is -2.56. The first-order chi connectivity index (χ1) is 24.5. The van der Waals surface area contributed by atoms with Crippen molar-refractivity contribution in [2.75, 3.05) is 7.05 Å². The van der Waals surface area contributed by atoms with E-state index in [0.29, 0.717) is 17.0 Å². The van der Waals surface area contributed by atoms with Gasteiger partial charge in [-0.3, -0.25) is 14.4 Å². The smallest absolute Gasteiger partial charge is 0.264 e. The van der Waals surface area contributed by atoms with Gasteiger partial charge in [-0.2, -0.15) is 0 Å². The second kappa shape index (κ2) is 14.8. The molecule has 0 spiro atoms. The minimum Gasteiger partial charge on any atom is -0.361 e. The van der Waals surface area contributed by atoms with E-state index in [4.69, 9.17) is 0 Å². The highest BCUT2D eigenvalue weighted by atomic mass is 32.2. The number of sulfonamides is 1. The van der Waals surface area contributed by atoms with Crippen molar-refractivity contribution in [3.05, 3.63) is 131 Å². The fourth-order valence-corrected chi connectivity index (χ4v) is 7.05. The lowest BCUT2D eigenvalue weighted by atomic mass is 9.99. The van der Waals surface area contributed by atoms with Gasteiger partial charge in [0.1, 0.15) is 12.1 Å². The number of amides is 3. The molecule has 2 aromatic heterocycles. The molecule has 0 aliphatic carbocycles. The van der Waals surface area contributed by atoms with Crippen LogP contribution in [-0.2, 0) is 32.5 Å². The summed E-state index contributed by atoms with van der Waals surface area (Å²) in [5.74, 6) is -1.49. The Hall–Kier alpha value is -6.15. The van der Waals surface area contributed by atoms with E-state index in [2.05, 4.69) is 35.6 Å². The van der Waals surface area contributed by atoms with Crippen molar-refractivity contribution < 1.29 is 22.8 Å².